The zero-order chi connectivity index (χ0) is 23.3. The van der Waals surface area contributed by atoms with Crippen LogP contribution in [0.5, 0.6) is 0 Å². The first-order chi connectivity index (χ1) is 15.8. The number of rotatable bonds is 5. The monoisotopic (exact) mass is 451 g/mol. The second-order valence-electron chi connectivity index (χ2n) is 7.89. The lowest BCUT2D eigenvalue weighted by Gasteiger charge is -2.09. The van der Waals surface area contributed by atoms with Gasteiger partial charge < -0.3 is 15.4 Å². The van der Waals surface area contributed by atoms with Gasteiger partial charge >= 0.3 is 5.97 Å². The predicted octanol–water partition coefficient (Wildman–Crippen LogP) is 5.36. The Bertz CT molecular complexity index is 1440. The number of fused-ring (bicyclic) bond motifs is 1. The quantitative estimate of drug-likeness (QED) is 0.381. The molecule has 3 aromatic carbocycles. The maximum atomic E-state index is 14.9. The molecule has 0 aliphatic heterocycles. The van der Waals surface area contributed by atoms with E-state index in [1.54, 1.807) is 6.07 Å². The summed E-state index contributed by atoms with van der Waals surface area (Å²) < 4.78 is 43.3. The van der Waals surface area contributed by atoms with Crippen LogP contribution in [0.15, 0.2) is 48.5 Å². The van der Waals surface area contributed by atoms with Crippen molar-refractivity contribution in [3.63, 3.8) is 0 Å². The highest BCUT2D eigenvalue weighted by Gasteiger charge is 2.29. The molecule has 1 aromatic heterocycles. The maximum Gasteiger partial charge on any atom is 0.338 e. The molecule has 1 amide bonds. The van der Waals surface area contributed by atoms with Crippen LogP contribution in [0, 0.1) is 23.4 Å². The molecule has 6 nitrogen and oxygen atoms in total. The molecule has 3 N–H and O–H groups in total. The van der Waals surface area contributed by atoms with Crippen molar-refractivity contribution in [2.75, 3.05) is 5.32 Å². The van der Waals surface area contributed by atoms with Crippen molar-refractivity contribution in [2.24, 2.45) is 5.92 Å². The van der Waals surface area contributed by atoms with Crippen LogP contribution in [-0.4, -0.2) is 27.0 Å². The number of hydrogen-bond donors (Lipinski definition) is 3. The third-order valence-electron chi connectivity index (χ3n) is 5.50. The van der Waals surface area contributed by atoms with E-state index in [2.05, 4.69) is 15.3 Å². The number of imidazole rings is 1. The highest BCUT2D eigenvalue weighted by atomic mass is 19.1. The summed E-state index contributed by atoms with van der Waals surface area (Å²) in [6.07, 6.45) is 1.66. The Morgan fingerprint density at radius 2 is 1.70 bits per heavy atom. The number of halogens is 3. The number of benzene rings is 3. The SMILES string of the molecule is O=C(O)c1cc(F)cc2[nH]c(-c3ccc(-c4ccc(NC(=O)C5CC5)cc4F)cc3F)nc12. The maximum absolute atomic E-state index is 14.9. The van der Waals surface area contributed by atoms with E-state index in [1.165, 1.54) is 24.3 Å². The topological polar surface area (TPSA) is 95.1 Å². The van der Waals surface area contributed by atoms with E-state index in [0.29, 0.717) is 5.69 Å². The first kappa shape index (κ1) is 20.7. The lowest BCUT2D eigenvalue weighted by Crippen LogP contribution is -2.13. The van der Waals surface area contributed by atoms with Gasteiger partial charge in [0.15, 0.2) is 0 Å². The highest BCUT2D eigenvalue weighted by molar-refractivity contribution is 6.01. The summed E-state index contributed by atoms with van der Waals surface area (Å²) in [7, 11) is 0. The number of anilines is 1. The average Bonchev–Trinajstić information content (AvgIpc) is 3.53. The van der Waals surface area contributed by atoms with Crippen LogP contribution in [0.2, 0.25) is 0 Å². The van der Waals surface area contributed by atoms with Crippen molar-refractivity contribution >= 4 is 28.6 Å². The Labute approximate surface area is 185 Å². The molecule has 0 saturated heterocycles. The molecule has 0 radical (unpaired) electrons. The zero-order valence-electron chi connectivity index (χ0n) is 17.0. The van der Waals surface area contributed by atoms with E-state index in [0.717, 1.165) is 31.0 Å². The van der Waals surface area contributed by atoms with Crippen molar-refractivity contribution in [2.45, 2.75) is 12.8 Å². The number of carbonyl (C=O) groups excluding carboxylic acids is 1. The van der Waals surface area contributed by atoms with E-state index in [4.69, 9.17) is 0 Å². The molecule has 4 aromatic rings. The number of carbonyl (C=O) groups is 2. The molecule has 1 saturated carbocycles. The van der Waals surface area contributed by atoms with Gasteiger partial charge in [0.2, 0.25) is 5.91 Å². The van der Waals surface area contributed by atoms with Crippen molar-refractivity contribution in [3.8, 4) is 22.5 Å². The fourth-order valence-corrected chi connectivity index (χ4v) is 3.66. The van der Waals surface area contributed by atoms with Gasteiger partial charge in [0.05, 0.1) is 16.6 Å². The summed E-state index contributed by atoms with van der Waals surface area (Å²) in [5.74, 6) is -3.62. The molecular formula is C24H16F3N3O3. The first-order valence-electron chi connectivity index (χ1n) is 10.1. The Hall–Kier alpha value is -4.14. The smallest absolute Gasteiger partial charge is 0.338 e. The Morgan fingerprint density at radius 1 is 0.970 bits per heavy atom. The van der Waals surface area contributed by atoms with Crippen LogP contribution in [0.25, 0.3) is 33.5 Å². The van der Waals surface area contributed by atoms with E-state index in [-0.39, 0.29) is 50.9 Å². The number of hydrogen-bond acceptors (Lipinski definition) is 3. The fraction of sp³-hybridized carbons (Fsp3) is 0.125. The van der Waals surface area contributed by atoms with Crippen LogP contribution < -0.4 is 5.32 Å². The molecule has 0 atom stereocenters. The van der Waals surface area contributed by atoms with Crippen molar-refractivity contribution < 1.29 is 27.9 Å². The van der Waals surface area contributed by atoms with Crippen LogP contribution in [-0.2, 0) is 4.79 Å². The standard InChI is InChI=1S/C24H16F3N3O3/c25-13-8-17(24(32)33)21-20(9-13)29-22(30-21)16-5-3-12(7-18(16)26)15-6-4-14(10-19(15)27)28-23(31)11-1-2-11/h3-11H,1-2H2,(H,28,31)(H,29,30)(H,32,33). The van der Waals surface area contributed by atoms with Crippen molar-refractivity contribution in [3.05, 3.63) is 71.5 Å². The molecule has 0 spiro atoms. The minimum absolute atomic E-state index is 0.00254. The van der Waals surface area contributed by atoms with Gasteiger partial charge in [-0.15, -0.1) is 0 Å². The summed E-state index contributed by atoms with van der Waals surface area (Å²) >= 11 is 0. The number of nitrogens with zero attached hydrogens (tertiary/aromatic N) is 1. The van der Waals surface area contributed by atoms with E-state index in [1.807, 2.05) is 0 Å². The summed E-state index contributed by atoms with van der Waals surface area (Å²) in [4.78, 5) is 30.1. The van der Waals surface area contributed by atoms with Gasteiger partial charge in [-0.25, -0.2) is 22.9 Å². The van der Waals surface area contributed by atoms with Gasteiger partial charge in [-0.3, -0.25) is 4.79 Å². The molecule has 0 bridgehead atoms. The number of carboxylic acids is 1. The zero-order valence-corrected chi connectivity index (χ0v) is 17.0. The number of aromatic amines is 1. The molecule has 1 aliphatic rings. The number of aromatic carboxylic acids is 1. The summed E-state index contributed by atoms with van der Waals surface area (Å²) in [6.45, 7) is 0. The molecule has 1 aliphatic carbocycles. The Balaban J connectivity index is 1.47. The van der Waals surface area contributed by atoms with Crippen LogP contribution >= 0.6 is 0 Å². The molecule has 5 rings (SSSR count). The van der Waals surface area contributed by atoms with Gasteiger partial charge in [-0.2, -0.15) is 0 Å². The third-order valence-corrected chi connectivity index (χ3v) is 5.50. The van der Waals surface area contributed by atoms with Crippen LogP contribution in [0.1, 0.15) is 23.2 Å². The fourth-order valence-electron chi connectivity index (χ4n) is 3.66. The molecule has 0 unspecified atom stereocenters. The van der Waals surface area contributed by atoms with Gasteiger partial charge in [0.1, 0.15) is 28.8 Å². The largest absolute Gasteiger partial charge is 0.478 e. The molecule has 33 heavy (non-hydrogen) atoms. The van der Waals surface area contributed by atoms with Gasteiger partial charge in [0.25, 0.3) is 0 Å². The van der Waals surface area contributed by atoms with Crippen molar-refractivity contribution in [1.82, 2.24) is 9.97 Å². The minimum Gasteiger partial charge on any atom is -0.478 e. The predicted molar refractivity (Wildman–Crippen MR) is 115 cm³/mol. The van der Waals surface area contributed by atoms with E-state index >= 15 is 0 Å². The normalized spacial score (nSPS) is 13.3. The van der Waals surface area contributed by atoms with Gasteiger partial charge in [0, 0.05) is 17.2 Å². The number of nitrogens with one attached hydrogen (secondary N) is 2. The lowest BCUT2D eigenvalue weighted by atomic mass is 10.0. The number of H-pyrrole nitrogens is 1. The Kier molecular flexibility index (Phi) is 4.88. The highest BCUT2D eigenvalue weighted by Crippen LogP contribution is 2.33. The number of aromatic nitrogens is 2. The number of carboxylic acid groups (broad SMARTS) is 1. The lowest BCUT2D eigenvalue weighted by molar-refractivity contribution is -0.117. The molecule has 1 heterocycles. The first-order valence-corrected chi connectivity index (χ1v) is 10.1. The molecule has 9 heteroatoms. The number of amides is 1. The van der Waals surface area contributed by atoms with E-state index < -0.39 is 23.4 Å². The molecular weight excluding hydrogens is 435 g/mol. The van der Waals surface area contributed by atoms with Gasteiger partial charge in [-0.05, 0) is 60.9 Å². The second kappa shape index (κ2) is 7.77. The average molecular weight is 451 g/mol. The molecule has 166 valence electrons. The van der Waals surface area contributed by atoms with Gasteiger partial charge in [-0.1, -0.05) is 6.07 Å². The minimum atomic E-state index is -1.36. The van der Waals surface area contributed by atoms with Crippen molar-refractivity contribution in [1.29, 1.82) is 0 Å². The summed E-state index contributed by atoms with van der Waals surface area (Å²) in [5.41, 5.74) is 0.514. The third kappa shape index (κ3) is 3.93. The molecule has 1 fully saturated rings. The second-order valence-corrected chi connectivity index (χ2v) is 7.89. The Morgan fingerprint density at radius 3 is 2.36 bits per heavy atom. The summed E-state index contributed by atoms with van der Waals surface area (Å²) in [5, 5.41) is 11.9. The van der Waals surface area contributed by atoms with E-state index in [9.17, 15) is 27.9 Å². The summed E-state index contributed by atoms with van der Waals surface area (Å²) in [6, 6.07) is 10.1. The van der Waals surface area contributed by atoms with Crippen LogP contribution in [0.4, 0.5) is 18.9 Å². The van der Waals surface area contributed by atoms with Crippen LogP contribution in [0.3, 0.4) is 0 Å².